The minimum atomic E-state index is -0.431. The van der Waals surface area contributed by atoms with Crippen molar-refractivity contribution in [2.24, 2.45) is 11.7 Å². The number of carbonyl (C=O) groups is 1. The van der Waals surface area contributed by atoms with Crippen molar-refractivity contribution in [3.63, 3.8) is 0 Å². The van der Waals surface area contributed by atoms with Gasteiger partial charge in [-0.15, -0.1) is 0 Å². The van der Waals surface area contributed by atoms with Gasteiger partial charge in [0.2, 0.25) is 11.7 Å². The van der Waals surface area contributed by atoms with Gasteiger partial charge in [-0.3, -0.25) is 4.79 Å². The highest BCUT2D eigenvalue weighted by atomic mass is 19.1. The number of anilines is 2. The summed E-state index contributed by atoms with van der Waals surface area (Å²) in [6.07, 6.45) is 7.38. The molecule has 3 rings (SSSR count). The van der Waals surface area contributed by atoms with Crippen LogP contribution in [-0.4, -0.2) is 35.0 Å². The Hall–Kier alpha value is -1.92. The summed E-state index contributed by atoms with van der Waals surface area (Å²) in [5.41, 5.74) is 5.38. The van der Waals surface area contributed by atoms with Crippen molar-refractivity contribution < 1.29 is 9.18 Å². The molecule has 1 saturated heterocycles. The third-order valence-electron chi connectivity index (χ3n) is 4.59. The second-order valence-corrected chi connectivity index (χ2v) is 6.17. The second-order valence-electron chi connectivity index (χ2n) is 6.17. The Bertz CT molecular complexity index is 547. The predicted molar refractivity (Wildman–Crippen MR) is 82.0 cm³/mol. The van der Waals surface area contributed by atoms with Gasteiger partial charge in [-0.25, -0.2) is 9.97 Å². The first kappa shape index (κ1) is 15.0. The summed E-state index contributed by atoms with van der Waals surface area (Å²) in [5, 5.41) is 3.18. The number of hydrogen-bond donors (Lipinski definition) is 2. The van der Waals surface area contributed by atoms with Gasteiger partial charge in [0.05, 0.1) is 5.92 Å². The van der Waals surface area contributed by atoms with E-state index in [2.05, 4.69) is 15.3 Å². The van der Waals surface area contributed by atoms with Crippen molar-refractivity contribution in [1.82, 2.24) is 9.97 Å². The fourth-order valence-electron chi connectivity index (χ4n) is 3.35. The Morgan fingerprint density at radius 2 is 2.05 bits per heavy atom. The molecular formula is C15H22FN5O. The fourth-order valence-corrected chi connectivity index (χ4v) is 3.35. The number of nitrogens with zero attached hydrogens (tertiary/aromatic N) is 3. The summed E-state index contributed by atoms with van der Waals surface area (Å²) in [4.78, 5) is 21.3. The van der Waals surface area contributed by atoms with Crippen LogP contribution in [0.15, 0.2) is 6.33 Å². The van der Waals surface area contributed by atoms with Crippen molar-refractivity contribution in [3.8, 4) is 0 Å². The standard InChI is InChI=1S/C15H22FN5O/c16-12-14(20-11-5-1-2-6-11)18-9-19-15(12)21-7-3-4-10(8-21)13(17)22/h9-11H,1-8H2,(H2,17,22)(H,18,19,20). The Morgan fingerprint density at radius 3 is 2.77 bits per heavy atom. The molecule has 2 fully saturated rings. The first-order valence-corrected chi connectivity index (χ1v) is 7.96. The number of primary amides is 1. The molecule has 0 aromatic carbocycles. The molecule has 1 aromatic heterocycles. The van der Waals surface area contributed by atoms with Crippen molar-refractivity contribution in [2.45, 2.75) is 44.6 Å². The Kier molecular flexibility index (Phi) is 4.40. The highest BCUT2D eigenvalue weighted by Gasteiger charge is 2.28. The van der Waals surface area contributed by atoms with Gasteiger partial charge in [0.15, 0.2) is 11.6 Å². The fraction of sp³-hybridized carbons (Fsp3) is 0.667. The molecule has 1 aliphatic carbocycles. The quantitative estimate of drug-likeness (QED) is 0.884. The molecule has 0 spiro atoms. The Morgan fingerprint density at radius 1 is 1.27 bits per heavy atom. The average Bonchev–Trinajstić information content (AvgIpc) is 3.02. The molecule has 0 bridgehead atoms. The largest absolute Gasteiger partial charge is 0.369 e. The van der Waals surface area contributed by atoms with Crippen molar-refractivity contribution in [3.05, 3.63) is 12.1 Å². The Balaban J connectivity index is 1.76. The summed E-state index contributed by atoms with van der Waals surface area (Å²) in [6.45, 7) is 1.10. The number of hydrogen-bond acceptors (Lipinski definition) is 5. The smallest absolute Gasteiger partial charge is 0.222 e. The van der Waals surface area contributed by atoms with Gasteiger partial charge in [0.25, 0.3) is 0 Å². The molecule has 1 atom stereocenters. The second kappa shape index (κ2) is 6.46. The van der Waals surface area contributed by atoms with E-state index in [1.807, 2.05) is 0 Å². The molecule has 120 valence electrons. The van der Waals surface area contributed by atoms with Gasteiger partial charge < -0.3 is 16.0 Å². The SMILES string of the molecule is NC(=O)C1CCCN(c2ncnc(NC3CCCC3)c2F)C1. The number of carbonyl (C=O) groups excluding carboxylic acids is 1. The van der Waals surface area contributed by atoms with Crippen LogP contribution in [0.5, 0.6) is 0 Å². The highest BCUT2D eigenvalue weighted by Crippen LogP contribution is 2.28. The van der Waals surface area contributed by atoms with Gasteiger partial charge in [-0.1, -0.05) is 12.8 Å². The lowest BCUT2D eigenvalue weighted by Crippen LogP contribution is -2.42. The van der Waals surface area contributed by atoms with Crippen LogP contribution in [0.25, 0.3) is 0 Å². The van der Waals surface area contributed by atoms with Gasteiger partial charge >= 0.3 is 0 Å². The van der Waals surface area contributed by atoms with Crippen LogP contribution in [0.3, 0.4) is 0 Å². The zero-order valence-electron chi connectivity index (χ0n) is 12.6. The molecule has 1 unspecified atom stereocenters. The molecule has 22 heavy (non-hydrogen) atoms. The number of nitrogens with two attached hydrogens (primary N) is 1. The van der Waals surface area contributed by atoms with Crippen LogP contribution in [0, 0.1) is 11.7 Å². The maximum absolute atomic E-state index is 14.7. The van der Waals surface area contributed by atoms with E-state index >= 15 is 0 Å². The van der Waals surface area contributed by atoms with E-state index in [-0.39, 0.29) is 29.5 Å². The van der Waals surface area contributed by atoms with Crippen LogP contribution < -0.4 is 16.0 Å². The van der Waals surface area contributed by atoms with Gasteiger partial charge in [-0.2, -0.15) is 4.39 Å². The van der Waals surface area contributed by atoms with E-state index in [1.165, 1.54) is 19.2 Å². The van der Waals surface area contributed by atoms with Gasteiger partial charge in [0.1, 0.15) is 6.33 Å². The molecule has 2 aliphatic rings. The molecule has 1 amide bonds. The minimum absolute atomic E-state index is 0.241. The molecule has 6 nitrogen and oxygen atoms in total. The van der Waals surface area contributed by atoms with E-state index < -0.39 is 5.82 Å². The third-order valence-corrected chi connectivity index (χ3v) is 4.59. The lowest BCUT2D eigenvalue weighted by atomic mass is 9.97. The number of aromatic nitrogens is 2. The summed E-state index contributed by atoms with van der Waals surface area (Å²) in [7, 11) is 0. The van der Waals surface area contributed by atoms with Gasteiger partial charge in [0, 0.05) is 19.1 Å². The molecule has 1 saturated carbocycles. The predicted octanol–water partition coefficient (Wildman–Crippen LogP) is 1.67. The molecule has 7 heteroatoms. The number of amides is 1. The zero-order valence-corrected chi connectivity index (χ0v) is 12.6. The van der Waals surface area contributed by atoms with Crippen molar-refractivity contribution >= 4 is 17.5 Å². The summed E-state index contributed by atoms with van der Waals surface area (Å²) >= 11 is 0. The van der Waals surface area contributed by atoms with E-state index in [0.717, 1.165) is 25.7 Å². The number of nitrogens with one attached hydrogen (secondary N) is 1. The first-order chi connectivity index (χ1) is 10.6. The lowest BCUT2D eigenvalue weighted by Gasteiger charge is -2.32. The van der Waals surface area contributed by atoms with Crippen LogP contribution >= 0.6 is 0 Å². The van der Waals surface area contributed by atoms with Crippen LogP contribution in [0.4, 0.5) is 16.0 Å². The topological polar surface area (TPSA) is 84.1 Å². The van der Waals surface area contributed by atoms with Crippen LogP contribution in [0.1, 0.15) is 38.5 Å². The maximum atomic E-state index is 14.7. The van der Waals surface area contributed by atoms with E-state index in [9.17, 15) is 9.18 Å². The maximum Gasteiger partial charge on any atom is 0.222 e. The minimum Gasteiger partial charge on any atom is -0.369 e. The van der Waals surface area contributed by atoms with Gasteiger partial charge in [-0.05, 0) is 25.7 Å². The summed E-state index contributed by atoms with van der Waals surface area (Å²) < 4.78 is 14.7. The average molecular weight is 307 g/mol. The monoisotopic (exact) mass is 307 g/mol. The van der Waals surface area contributed by atoms with Crippen molar-refractivity contribution in [1.29, 1.82) is 0 Å². The first-order valence-electron chi connectivity index (χ1n) is 7.96. The third kappa shape index (κ3) is 3.13. The van der Waals surface area contributed by atoms with E-state index in [1.54, 1.807) is 4.90 Å². The van der Waals surface area contributed by atoms with Crippen LogP contribution in [0.2, 0.25) is 0 Å². The van der Waals surface area contributed by atoms with Crippen LogP contribution in [-0.2, 0) is 4.79 Å². The molecule has 3 N–H and O–H groups in total. The summed E-state index contributed by atoms with van der Waals surface area (Å²) in [5.74, 6) is -0.475. The number of halogens is 1. The van der Waals surface area contributed by atoms with Crippen molar-refractivity contribution in [2.75, 3.05) is 23.3 Å². The Labute approximate surface area is 129 Å². The highest BCUT2D eigenvalue weighted by molar-refractivity contribution is 5.77. The number of piperidine rings is 1. The molecule has 0 radical (unpaired) electrons. The zero-order chi connectivity index (χ0) is 15.5. The molecule has 1 aromatic rings. The molecule has 2 heterocycles. The van der Waals surface area contributed by atoms with E-state index in [4.69, 9.17) is 5.73 Å². The summed E-state index contributed by atoms with van der Waals surface area (Å²) in [6, 6.07) is 0.289. The molecule has 1 aliphatic heterocycles. The molecular weight excluding hydrogens is 285 g/mol. The lowest BCUT2D eigenvalue weighted by molar-refractivity contribution is -0.122. The van der Waals surface area contributed by atoms with E-state index in [0.29, 0.717) is 13.1 Å². The number of rotatable bonds is 4. The normalized spacial score (nSPS) is 22.8.